The van der Waals surface area contributed by atoms with Gasteiger partial charge in [-0.25, -0.2) is 0 Å². The summed E-state index contributed by atoms with van der Waals surface area (Å²) in [4.78, 5) is 34.3. The monoisotopic (exact) mass is 232 g/mol. The maximum Gasteiger partial charge on any atom is 0.322 e. The van der Waals surface area contributed by atoms with Gasteiger partial charge in [0.1, 0.15) is 12.6 Å². The van der Waals surface area contributed by atoms with Gasteiger partial charge >= 0.3 is 5.97 Å². The van der Waals surface area contributed by atoms with E-state index in [4.69, 9.17) is 5.11 Å². The number of carboxylic acid groups (broad SMARTS) is 1. The minimum absolute atomic E-state index is 0.171. The number of amides is 2. The number of nitrogens with one attached hydrogen (secondary N) is 1. The molecule has 1 fully saturated rings. The van der Waals surface area contributed by atoms with Gasteiger partial charge in [0.2, 0.25) is 11.8 Å². The van der Waals surface area contributed by atoms with Gasteiger partial charge in [-0.05, 0) is 0 Å². The number of carbonyl (C=O) groups excluding carboxylic acids is 2. The molecule has 0 radical (unpaired) electrons. The van der Waals surface area contributed by atoms with Crippen LogP contribution in [-0.2, 0) is 14.4 Å². The first-order valence-corrected chi connectivity index (χ1v) is 5.52. The van der Waals surface area contributed by atoms with E-state index in [1.807, 2.05) is 0 Å². The molecule has 0 aromatic heterocycles. The fourth-order valence-electron chi connectivity index (χ4n) is 1.25. The average molecular weight is 232 g/mol. The van der Waals surface area contributed by atoms with E-state index in [-0.39, 0.29) is 5.91 Å². The van der Waals surface area contributed by atoms with Crippen LogP contribution in [0.5, 0.6) is 0 Å². The number of hydrogen-bond donors (Lipinski definition) is 2. The number of nitrogens with zero attached hydrogens (tertiary/aromatic N) is 1. The fraction of sp³-hybridized carbons (Fsp3) is 0.625. The first-order valence-electron chi connectivity index (χ1n) is 4.37. The quantitative estimate of drug-likeness (QED) is 0.659. The summed E-state index contributed by atoms with van der Waals surface area (Å²) in [6.45, 7) is 0.981. The van der Waals surface area contributed by atoms with Gasteiger partial charge < -0.3 is 15.3 Å². The molecule has 1 atom stereocenters. The molecule has 84 valence electrons. The highest BCUT2D eigenvalue weighted by Crippen LogP contribution is 2.20. The predicted octanol–water partition coefficient (Wildman–Crippen LogP) is -0.891. The SMILES string of the molecule is CC(=O)N1CSCC1C(=O)NCC(=O)O. The Morgan fingerprint density at radius 3 is 2.73 bits per heavy atom. The van der Waals surface area contributed by atoms with Crippen molar-refractivity contribution in [1.29, 1.82) is 0 Å². The maximum atomic E-state index is 11.5. The summed E-state index contributed by atoms with van der Waals surface area (Å²) < 4.78 is 0. The molecule has 0 bridgehead atoms. The third-order valence-corrected chi connectivity index (χ3v) is 3.02. The third kappa shape index (κ3) is 3.12. The number of hydrogen-bond acceptors (Lipinski definition) is 4. The van der Waals surface area contributed by atoms with Crippen LogP contribution in [0.25, 0.3) is 0 Å². The van der Waals surface area contributed by atoms with Crippen molar-refractivity contribution >= 4 is 29.5 Å². The van der Waals surface area contributed by atoms with Gasteiger partial charge in [-0.1, -0.05) is 0 Å². The lowest BCUT2D eigenvalue weighted by molar-refractivity contribution is -0.140. The summed E-state index contributed by atoms with van der Waals surface area (Å²) in [5, 5.41) is 10.6. The van der Waals surface area contributed by atoms with Crippen molar-refractivity contribution in [1.82, 2.24) is 10.2 Å². The van der Waals surface area contributed by atoms with E-state index in [1.54, 1.807) is 0 Å². The van der Waals surface area contributed by atoms with Gasteiger partial charge in [0, 0.05) is 12.7 Å². The molecule has 1 aliphatic heterocycles. The normalized spacial score (nSPS) is 20.1. The van der Waals surface area contributed by atoms with Crippen molar-refractivity contribution in [3.05, 3.63) is 0 Å². The molecule has 0 spiro atoms. The Morgan fingerprint density at radius 2 is 2.20 bits per heavy atom. The van der Waals surface area contributed by atoms with E-state index in [9.17, 15) is 14.4 Å². The first-order chi connectivity index (χ1) is 7.02. The van der Waals surface area contributed by atoms with Crippen LogP contribution in [0.2, 0.25) is 0 Å². The minimum Gasteiger partial charge on any atom is -0.480 e. The molecule has 15 heavy (non-hydrogen) atoms. The number of thioether (sulfide) groups is 1. The van der Waals surface area contributed by atoms with Gasteiger partial charge in [-0.3, -0.25) is 14.4 Å². The van der Waals surface area contributed by atoms with Crippen molar-refractivity contribution in [3.63, 3.8) is 0 Å². The van der Waals surface area contributed by atoms with Gasteiger partial charge in [-0.15, -0.1) is 11.8 Å². The average Bonchev–Trinajstić information content (AvgIpc) is 2.62. The molecule has 1 aliphatic rings. The highest BCUT2D eigenvalue weighted by molar-refractivity contribution is 7.99. The standard InChI is InChI=1S/C8H12N2O4S/c1-5(11)10-4-15-3-6(10)8(14)9-2-7(12)13/h6H,2-4H2,1H3,(H,9,14)(H,12,13). The highest BCUT2D eigenvalue weighted by Gasteiger charge is 2.32. The summed E-state index contributed by atoms with van der Waals surface area (Å²) in [6.07, 6.45) is 0. The largest absolute Gasteiger partial charge is 0.480 e. The van der Waals surface area contributed by atoms with Crippen LogP contribution in [0, 0.1) is 0 Å². The topological polar surface area (TPSA) is 86.7 Å². The molecule has 1 heterocycles. The first kappa shape index (κ1) is 11.8. The molecule has 0 aromatic rings. The lowest BCUT2D eigenvalue weighted by Crippen LogP contribution is -2.47. The molecule has 0 saturated carbocycles. The number of rotatable bonds is 3. The van der Waals surface area contributed by atoms with E-state index >= 15 is 0 Å². The zero-order chi connectivity index (χ0) is 11.4. The third-order valence-electron chi connectivity index (χ3n) is 2.00. The molecule has 1 unspecified atom stereocenters. The Bertz CT molecular complexity index is 294. The van der Waals surface area contributed by atoms with Crippen molar-refractivity contribution in [2.45, 2.75) is 13.0 Å². The summed E-state index contributed by atoms with van der Waals surface area (Å²) in [7, 11) is 0. The van der Waals surface area contributed by atoms with Crippen molar-refractivity contribution in [2.75, 3.05) is 18.2 Å². The Kier molecular flexibility index (Phi) is 3.96. The Balaban J connectivity index is 2.51. The lowest BCUT2D eigenvalue weighted by atomic mass is 10.2. The molecule has 2 N–H and O–H groups in total. The second kappa shape index (κ2) is 5.01. The molecule has 0 aromatic carbocycles. The summed E-state index contributed by atoms with van der Waals surface area (Å²) in [6, 6.07) is -0.535. The summed E-state index contributed by atoms with van der Waals surface area (Å²) >= 11 is 1.48. The summed E-state index contributed by atoms with van der Waals surface area (Å²) in [5.41, 5.74) is 0. The Hall–Kier alpha value is -1.24. The molecular weight excluding hydrogens is 220 g/mol. The molecule has 0 aliphatic carbocycles. The van der Waals surface area contributed by atoms with Crippen LogP contribution in [0.3, 0.4) is 0 Å². The molecule has 1 rings (SSSR count). The van der Waals surface area contributed by atoms with Crippen LogP contribution in [0.1, 0.15) is 6.92 Å². The second-order valence-corrected chi connectivity index (χ2v) is 4.12. The van der Waals surface area contributed by atoms with Crippen molar-refractivity contribution in [3.8, 4) is 0 Å². The van der Waals surface area contributed by atoms with E-state index in [0.717, 1.165) is 0 Å². The van der Waals surface area contributed by atoms with Crippen molar-refractivity contribution in [2.24, 2.45) is 0 Å². The van der Waals surface area contributed by atoms with E-state index < -0.39 is 24.5 Å². The van der Waals surface area contributed by atoms with E-state index in [1.165, 1.54) is 23.6 Å². The molecular formula is C8H12N2O4S. The second-order valence-electron chi connectivity index (χ2n) is 3.12. The maximum absolute atomic E-state index is 11.5. The number of carboxylic acids is 1. The zero-order valence-electron chi connectivity index (χ0n) is 8.23. The molecule has 1 saturated heterocycles. The van der Waals surface area contributed by atoms with Crippen molar-refractivity contribution < 1.29 is 19.5 Å². The van der Waals surface area contributed by atoms with Crippen LogP contribution in [-0.4, -0.2) is 52.0 Å². The van der Waals surface area contributed by atoms with Gasteiger partial charge in [0.25, 0.3) is 0 Å². The predicted molar refractivity (Wildman–Crippen MR) is 54.3 cm³/mol. The molecule has 6 nitrogen and oxygen atoms in total. The lowest BCUT2D eigenvalue weighted by Gasteiger charge is -2.20. The molecule has 2 amide bonds. The Morgan fingerprint density at radius 1 is 1.53 bits per heavy atom. The fourth-order valence-corrected chi connectivity index (χ4v) is 2.47. The highest BCUT2D eigenvalue weighted by atomic mass is 32.2. The minimum atomic E-state index is -1.09. The van der Waals surface area contributed by atoms with E-state index in [0.29, 0.717) is 11.6 Å². The van der Waals surface area contributed by atoms with Crippen LogP contribution in [0.4, 0.5) is 0 Å². The van der Waals surface area contributed by atoms with Crippen LogP contribution in [0.15, 0.2) is 0 Å². The number of aliphatic carboxylic acids is 1. The molecule has 7 heteroatoms. The Labute approximate surface area is 91.0 Å². The smallest absolute Gasteiger partial charge is 0.322 e. The van der Waals surface area contributed by atoms with Crippen LogP contribution >= 0.6 is 11.8 Å². The van der Waals surface area contributed by atoms with Gasteiger partial charge in [0.05, 0.1) is 5.88 Å². The van der Waals surface area contributed by atoms with Crippen LogP contribution < -0.4 is 5.32 Å². The summed E-state index contributed by atoms with van der Waals surface area (Å²) in [5.74, 6) is -0.664. The zero-order valence-corrected chi connectivity index (χ0v) is 9.04. The number of carbonyl (C=O) groups is 3. The van der Waals surface area contributed by atoms with E-state index in [2.05, 4.69) is 5.32 Å². The van der Waals surface area contributed by atoms with Gasteiger partial charge in [-0.2, -0.15) is 0 Å². The van der Waals surface area contributed by atoms with Gasteiger partial charge in [0.15, 0.2) is 0 Å².